The Kier molecular flexibility index (Phi) is 5.18. The van der Waals surface area contributed by atoms with E-state index in [-0.39, 0.29) is 18.1 Å². The van der Waals surface area contributed by atoms with Gasteiger partial charge in [0.05, 0.1) is 5.69 Å². The topological polar surface area (TPSA) is 61.9 Å². The van der Waals surface area contributed by atoms with Gasteiger partial charge in [-0.1, -0.05) is 30.3 Å². The van der Waals surface area contributed by atoms with Gasteiger partial charge in [-0.2, -0.15) is 9.36 Å². The van der Waals surface area contributed by atoms with Gasteiger partial charge in [0.1, 0.15) is 18.2 Å². The van der Waals surface area contributed by atoms with Crippen LogP contribution in [0.4, 0.5) is 4.39 Å². The highest BCUT2D eigenvalue weighted by atomic mass is 19.1. The van der Waals surface area contributed by atoms with Gasteiger partial charge in [-0.05, 0) is 76.9 Å². The molecule has 0 atom stereocenters. The summed E-state index contributed by atoms with van der Waals surface area (Å²) in [6.07, 6.45) is 0. The third kappa shape index (κ3) is 3.74. The zero-order chi connectivity index (χ0) is 21.3. The van der Waals surface area contributed by atoms with E-state index in [2.05, 4.69) is 10.4 Å². The van der Waals surface area contributed by atoms with Crippen LogP contribution < -0.4 is 10.4 Å². The summed E-state index contributed by atoms with van der Waals surface area (Å²) in [5.74, 6) is 0.413. The fourth-order valence-electron chi connectivity index (χ4n) is 3.32. The smallest absolute Gasteiger partial charge is 0.368 e. The van der Waals surface area contributed by atoms with Crippen molar-refractivity contribution in [2.24, 2.45) is 7.05 Å². The van der Waals surface area contributed by atoms with Crippen molar-refractivity contribution in [3.8, 4) is 22.6 Å². The molecule has 0 radical (unpaired) electrons. The molecule has 30 heavy (non-hydrogen) atoms. The standard InChI is InChI=1S/C23H21FN4O2/c1-15-5-4-6-22(28-23(29)27(3)25-26-28)21(15)14-30-19-12-7-16(2)20(13-19)17-8-10-18(24)11-9-17/h4-13H,14H2,1-3H3. The van der Waals surface area contributed by atoms with Gasteiger partial charge in [0.2, 0.25) is 0 Å². The zero-order valence-electron chi connectivity index (χ0n) is 17.0. The van der Waals surface area contributed by atoms with Crippen LogP contribution in [0.2, 0.25) is 0 Å². The minimum Gasteiger partial charge on any atom is -0.489 e. The molecule has 0 saturated carbocycles. The number of rotatable bonds is 5. The average Bonchev–Trinajstić information content (AvgIpc) is 3.07. The quantitative estimate of drug-likeness (QED) is 0.505. The summed E-state index contributed by atoms with van der Waals surface area (Å²) < 4.78 is 21.8. The number of hydrogen-bond acceptors (Lipinski definition) is 4. The predicted molar refractivity (Wildman–Crippen MR) is 112 cm³/mol. The van der Waals surface area contributed by atoms with Crippen molar-refractivity contribution in [2.75, 3.05) is 0 Å². The van der Waals surface area contributed by atoms with Crippen molar-refractivity contribution in [1.82, 2.24) is 19.8 Å². The monoisotopic (exact) mass is 404 g/mol. The first-order chi connectivity index (χ1) is 14.4. The lowest BCUT2D eigenvalue weighted by Crippen LogP contribution is -2.23. The lowest BCUT2D eigenvalue weighted by molar-refractivity contribution is 0.305. The number of benzene rings is 3. The first-order valence-electron chi connectivity index (χ1n) is 9.51. The lowest BCUT2D eigenvalue weighted by Gasteiger charge is -2.14. The SMILES string of the molecule is Cc1ccc(OCc2c(C)cccc2-n2nnn(C)c2=O)cc1-c1ccc(F)cc1. The molecule has 0 aliphatic rings. The normalized spacial score (nSPS) is 10.9. The molecule has 0 fully saturated rings. The van der Waals surface area contributed by atoms with Gasteiger partial charge in [-0.15, -0.1) is 0 Å². The number of halogens is 1. The van der Waals surface area contributed by atoms with Crippen LogP contribution in [-0.4, -0.2) is 19.8 Å². The highest BCUT2D eigenvalue weighted by Crippen LogP contribution is 2.29. The molecule has 0 amide bonds. The fourth-order valence-corrected chi connectivity index (χ4v) is 3.32. The molecule has 4 aromatic rings. The molecular weight excluding hydrogens is 383 g/mol. The Hall–Kier alpha value is -3.74. The molecule has 0 bridgehead atoms. The van der Waals surface area contributed by atoms with Crippen LogP contribution in [0, 0.1) is 19.7 Å². The molecule has 4 rings (SSSR count). The Bertz CT molecular complexity index is 1260. The Morgan fingerprint density at radius 1 is 0.967 bits per heavy atom. The molecule has 0 N–H and O–H groups in total. The van der Waals surface area contributed by atoms with E-state index in [9.17, 15) is 9.18 Å². The molecule has 0 saturated heterocycles. The first kappa shape index (κ1) is 19.6. The molecule has 152 valence electrons. The number of aryl methyl sites for hydroxylation is 3. The molecule has 0 aliphatic heterocycles. The van der Waals surface area contributed by atoms with Gasteiger partial charge >= 0.3 is 5.69 Å². The summed E-state index contributed by atoms with van der Waals surface area (Å²) in [4.78, 5) is 12.3. The fraction of sp³-hybridized carbons (Fsp3) is 0.174. The largest absolute Gasteiger partial charge is 0.489 e. The lowest BCUT2D eigenvalue weighted by atomic mass is 10.0. The van der Waals surface area contributed by atoms with E-state index in [1.54, 1.807) is 19.2 Å². The Labute approximate surface area is 173 Å². The maximum absolute atomic E-state index is 13.3. The molecule has 1 heterocycles. The summed E-state index contributed by atoms with van der Waals surface area (Å²) in [6.45, 7) is 4.22. The van der Waals surface area contributed by atoms with Crippen LogP contribution >= 0.6 is 0 Å². The van der Waals surface area contributed by atoms with Crippen LogP contribution in [0.5, 0.6) is 5.75 Å². The number of nitrogens with zero attached hydrogens (tertiary/aromatic N) is 4. The molecule has 0 spiro atoms. The summed E-state index contributed by atoms with van der Waals surface area (Å²) in [5.41, 5.74) is 5.11. The minimum atomic E-state index is -0.323. The van der Waals surface area contributed by atoms with Crippen molar-refractivity contribution in [1.29, 1.82) is 0 Å². The van der Waals surface area contributed by atoms with E-state index in [1.165, 1.54) is 21.5 Å². The van der Waals surface area contributed by atoms with E-state index < -0.39 is 0 Å². The van der Waals surface area contributed by atoms with Crippen LogP contribution in [-0.2, 0) is 13.7 Å². The second kappa shape index (κ2) is 7.94. The Morgan fingerprint density at radius 3 is 2.43 bits per heavy atom. The first-order valence-corrected chi connectivity index (χ1v) is 9.51. The molecule has 3 aromatic carbocycles. The Morgan fingerprint density at radius 2 is 1.73 bits per heavy atom. The van der Waals surface area contributed by atoms with Crippen LogP contribution in [0.3, 0.4) is 0 Å². The van der Waals surface area contributed by atoms with Crippen molar-refractivity contribution < 1.29 is 9.13 Å². The summed E-state index contributed by atoms with van der Waals surface area (Å²) >= 11 is 0. The number of ether oxygens (including phenoxy) is 1. The van der Waals surface area contributed by atoms with Gasteiger partial charge in [-0.3, -0.25) is 0 Å². The van der Waals surface area contributed by atoms with Gasteiger partial charge in [0.15, 0.2) is 0 Å². The van der Waals surface area contributed by atoms with Crippen molar-refractivity contribution >= 4 is 0 Å². The van der Waals surface area contributed by atoms with E-state index in [0.29, 0.717) is 11.4 Å². The number of aromatic nitrogens is 4. The third-order valence-electron chi connectivity index (χ3n) is 5.08. The van der Waals surface area contributed by atoms with Crippen molar-refractivity contribution in [3.05, 3.63) is 93.7 Å². The summed E-state index contributed by atoms with van der Waals surface area (Å²) in [6, 6.07) is 17.9. The van der Waals surface area contributed by atoms with E-state index in [1.807, 2.05) is 50.2 Å². The summed E-state index contributed by atoms with van der Waals surface area (Å²) in [7, 11) is 1.56. The predicted octanol–water partition coefficient (Wildman–Crippen LogP) is 3.97. The second-order valence-electron chi connectivity index (χ2n) is 7.14. The highest BCUT2D eigenvalue weighted by molar-refractivity contribution is 5.68. The Balaban J connectivity index is 1.65. The zero-order valence-corrected chi connectivity index (χ0v) is 17.0. The van der Waals surface area contributed by atoms with Crippen LogP contribution in [0.1, 0.15) is 16.7 Å². The molecule has 6 nitrogen and oxygen atoms in total. The number of hydrogen-bond donors (Lipinski definition) is 0. The van der Waals surface area contributed by atoms with Crippen LogP contribution in [0.25, 0.3) is 16.8 Å². The highest BCUT2D eigenvalue weighted by Gasteiger charge is 2.14. The summed E-state index contributed by atoms with van der Waals surface area (Å²) in [5, 5.41) is 7.74. The molecule has 0 unspecified atom stereocenters. The van der Waals surface area contributed by atoms with Gasteiger partial charge < -0.3 is 4.74 Å². The van der Waals surface area contributed by atoms with Crippen molar-refractivity contribution in [3.63, 3.8) is 0 Å². The molecular formula is C23H21FN4O2. The second-order valence-corrected chi connectivity index (χ2v) is 7.14. The van der Waals surface area contributed by atoms with Gasteiger partial charge in [-0.25, -0.2) is 9.18 Å². The van der Waals surface area contributed by atoms with E-state index >= 15 is 0 Å². The van der Waals surface area contributed by atoms with E-state index in [0.717, 1.165) is 27.8 Å². The number of tetrazole rings is 1. The average molecular weight is 404 g/mol. The van der Waals surface area contributed by atoms with Gasteiger partial charge in [0.25, 0.3) is 0 Å². The van der Waals surface area contributed by atoms with Crippen LogP contribution in [0.15, 0.2) is 65.5 Å². The van der Waals surface area contributed by atoms with Gasteiger partial charge in [0, 0.05) is 12.6 Å². The maximum atomic E-state index is 13.3. The molecule has 0 aliphatic carbocycles. The molecule has 7 heteroatoms. The van der Waals surface area contributed by atoms with E-state index in [4.69, 9.17) is 4.74 Å². The van der Waals surface area contributed by atoms with Crippen molar-refractivity contribution in [2.45, 2.75) is 20.5 Å². The minimum absolute atomic E-state index is 0.261. The third-order valence-corrected chi connectivity index (χ3v) is 5.08. The maximum Gasteiger partial charge on any atom is 0.368 e. The molecule has 1 aromatic heterocycles.